The third kappa shape index (κ3) is 4.37. The van der Waals surface area contributed by atoms with Crippen molar-refractivity contribution < 1.29 is 9.18 Å². The van der Waals surface area contributed by atoms with E-state index in [1.54, 1.807) is 19.3 Å². The SMILES string of the molecule is CN=C(NCC(=O)N1CCCc2ccccc21)NC1CCN(c2ncccc2F)C1. The van der Waals surface area contributed by atoms with Crippen LogP contribution in [-0.4, -0.2) is 56.1 Å². The maximum atomic E-state index is 14.0. The van der Waals surface area contributed by atoms with Crippen LogP contribution in [0.4, 0.5) is 15.9 Å². The van der Waals surface area contributed by atoms with Crippen molar-refractivity contribution in [1.29, 1.82) is 0 Å². The largest absolute Gasteiger partial charge is 0.352 e. The van der Waals surface area contributed by atoms with Gasteiger partial charge in [0.15, 0.2) is 17.6 Å². The number of para-hydroxylation sites is 1. The third-order valence-corrected chi connectivity index (χ3v) is 5.61. The number of benzene rings is 1. The minimum Gasteiger partial charge on any atom is -0.352 e. The summed E-state index contributed by atoms with van der Waals surface area (Å²) in [5.74, 6) is 0.660. The van der Waals surface area contributed by atoms with Crippen LogP contribution in [0.5, 0.6) is 0 Å². The van der Waals surface area contributed by atoms with E-state index in [0.29, 0.717) is 24.9 Å². The first-order valence-corrected chi connectivity index (χ1v) is 10.4. The van der Waals surface area contributed by atoms with Crippen molar-refractivity contribution in [3.8, 4) is 0 Å². The van der Waals surface area contributed by atoms with Crippen molar-refractivity contribution in [3.63, 3.8) is 0 Å². The van der Waals surface area contributed by atoms with Gasteiger partial charge in [0.1, 0.15) is 0 Å². The van der Waals surface area contributed by atoms with Crippen LogP contribution in [0.15, 0.2) is 47.6 Å². The fraction of sp³-hybridized carbons (Fsp3) is 0.409. The Labute approximate surface area is 176 Å². The number of hydrogen-bond donors (Lipinski definition) is 2. The molecule has 2 aromatic rings. The standard InChI is InChI=1S/C22H27FN6O/c1-24-22(27-17-10-13-28(15-17)21-18(23)8-4-11-25-21)26-14-20(30)29-12-5-7-16-6-2-3-9-19(16)29/h2-4,6,8-9,11,17H,5,7,10,12-15H2,1H3,(H2,24,26,27). The number of pyridine rings is 1. The van der Waals surface area contributed by atoms with Crippen molar-refractivity contribution >= 4 is 23.4 Å². The molecule has 2 N–H and O–H groups in total. The van der Waals surface area contributed by atoms with Crippen molar-refractivity contribution in [2.75, 3.05) is 43.0 Å². The molecule has 4 rings (SSSR count). The molecule has 1 amide bonds. The number of nitrogens with zero attached hydrogens (tertiary/aromatic N) is 4. The van der Waals surface area contributed by atoms with Gasteiger partial charge in [-0.3, -0.25) is 9.79 Å². The maximum Gasteiger partial charge on any atom is 0.246 e. The van der Waals surface area contributed by atoms with Crippen LogP contribution in [0.2, 0.25) is 0 Å². The Bertz CT molecular complexity index is 933. The molecule has 0 radical (unpaired) electrons. The Balaban J connectivity index is 1.31. The van der Waals surface area contributed by atoms with E-state index >= 15 is 0 Å². The summed E-state index contributed by atoms with van der Waals surface area (Å²) in [6.45, 7) is 2.24. The number of fused-ring (bicyclic) bond motifs is 1. The highest BCUT2D eigenvalue weighted by Crippen LogP contribution is 2.26. The average Bonchev–Trinajstić information content (AvgIpc) is 3.24. The first kappa shape index (κ1) is 20.1. The summed E-state index contributed by atoms with van der Waals surface area (Å²) in [6, 6.07) is 11.2. The molecule has 2 aliphatic heterocycles. The molecule has 8 heteroatoms. The molecule has 1 aromatic carbocycles. The number of amides is 1. The minimum absolute atomic E-state index is 0.0219. The van der Waals surface area contributed by atoms with Crippen LogP contribution in [0.3, 0.4) is 0 Å². The van der Waals surface area contributed by atoms with Crippen LogP contribution in [0, 0.1) is 5.82 Å². The lowest BCUT2D eigenvalue weighted by Crippen LogP contribution is -2.49. The van der Waals surface area contributed by atoms with E-state index in [-0.39, 0.29) is 24.3 Å². The van der Waals surface area contributed by atoms with E-state index < -0.39 is 0 Å². The number of guanidine groups is 1. The molecule has 1 unspecified atom stereocenters. The third-order valence-electron chi connectivity index (χ3n) is 5.61. The molecule has 0 spiro atoms. The predicted molar refractivity (Wildman–Crippen MR) is 116 cm³/mol. The second-order valence-electron chi connectivity index (χ2n) is 7.59. The van der Waals surface area contributed by atoms with Gasteiger partial charge in [-0.1, -0.05) is 18.2 Å². The monoisotopic (exact) mass is 410 g/mol. The van der Waals surface area contributed by atoms with Crippen LogP contribution < -0.4 is 20.4 Å². The van der Waals surface area contributed by atoms with E-state index in [1.165, 1.54) is 11.6 Å². The van der Waals surface area contributed by atoms with Gasteiger partial charge in [0.05, 0.1) is 6.54 Å². The second-order valence-corrected chi connectivity index (χ2v) is 7.59. The first-order chi connectivity index (χ1) is 14.7. The maximum absolute atomic E-state index is 14.0. The summed E-state index contributed by atoms with van der Waals surface area (Å²) in [5, 5.41) is 6.47. The molecule has 1 saturated heterocycles. The number of aliphatic imine (C=N–C) groups is 1. The van der Waals surface area contributed by atoms with Gasteiger partial charge in [-0.2, -0.15) is 0 Å². The molecule has 30 heavy (non-hydrogen) atoms. The van der Waals surface area contributed by atoms with Gasteiger partial charge in [-0.25, -0.2) is 9.37 Å². The fourth-order valence-corrected chi connectivity index (χ4v) is 4.12. The molecular weight excluding hydrogens is 383 g/mol. The van der Waals surface area contributed by atoms with Gasteiger partial charge in [0.25, 0.3) is 0 Å². The van der Waals surface area contributed by atoms with E-state index in [2.05, 4.69) is 26.7 Å². The molecule has 7 nitrogen and oxygen atoms in total. The first-order valence-electron chi connectivity index (χ1n) is 10.4. The molecule has 158 valence electrons. The lowest BCUT2D eigenvalue weighted by Gasteiger charge is -2.29. The zero-order valence-electron chi connectivity index (χ0n) is 17.1. The van der Waals surface area contributed by atoms with Crippen molar-refractivity contribution in [2.24, 2.45) is 4.99 Å². The smallest absolute Gasteiger partial charge is 0.246 e. The van der Waals surface area contributed by atoms with Crippen molar-refractivity contribution in [1.82, 2.24) is 15.6 Å². The Morgan fingerprint density at radius 2 is 2.13 bits per heavy atom. The molecule has 1 aromatic heterocycles. The highest BCUT2D eigenvalue weighted by atomic mass is 19.1. The van der Waals surface area contributed by atoms with Crippen LogP contribution >= 0.6 is 0 Å². The molecular formula is C22H27FN6O. The normalized spacial score (nSPS) is 18.9. The topological polar surface area (TPSA) is 72.9 Å². The van der Waals surface area contributed by atoms with E-state index in [4.69, 9.17) is 0 Å². The summed E-state index contributed by atoms with van der Waals surface area (Å²) in [4.78, 5) is 25.0. The zero-order valence-corrected chi connectivity index (χ0v) is 17.1. The van der Waals surface area contributed by atoms with E-state index in [1.807, 2.05) is 28.0 Å². The van der Waals surface area contributed by atoms with Gasteiger partial charge in [0, 0.05) is 44.6 Å². The van der Waals surface area contributed by atoms with Crippen LogP contribution in [-0.2, 0) is 11.2 Å². The number of halogens is 1. The number of carbonyl (C=O) groups excluding carboxylic acids is 1. The van der Waals surface area contributed by atoms with Gasteiger partial charge >= 0.3 is 0 Å². The number of aryl methyl sites for hydroxylation is 1. The Hall–Kier alpha value is -3.16. The zero-order chi connectivity index (χ0) is 20.9. The molecule has 0 bridgehead atoms. The quantitative estimate of drug-likeness (QED) is 0.595. The molecule has 1 fully saturated rings. The number of anilines is 2. The highest BCUT2D eigenvalue weighted by molar-refractivity contribution is 5.98. The Morgan fingerprint density at radius 3 is 2.97 bits per heavy atom. The second kappa shape index (κ2) is 9.11. The van der Waals surface area contributed by atoms with Gasteiger partial charge in [-0.15, -0.1) is 0 Å². The van der Waals surface area contributed by atoms with Gasteiger partial charge in [-0.05, 0) is 43.0 Å². The van der Waals surface area contributed by atoms with Crippen molar-refractivity contribution in [3.05, 3.63) is 54.0 Å². The van der Waals surface area contributed by atoms with Crippen molar-refractivity contribution in [2.45, 2.75) is 25.3 Å². The molecule has 1 atom stereocenters. The molecule has 2 aliphatic rings. The lowest BCUT2D eigenvalue weighted by atomic mass is 10.0. The summed E-state index contributed by atoms with van der Waals surface area (Å²) in [6.07, 6.45) is 4.41. The number of carbonyl (C=O) groups is 1. The number of nitrogens with one attached hydrogen (secondary N) is 2. The van der Waals surface area contributed by atoms with Gasteiger partial charge < -0.3 is 20.4 Å². The van der Waals surface area contributed by atoms with Gasteiger partial charge in [0.2, 0.25) is 5.91 Å². The summed E-state index contributed by atoms with van der Waals surface area (Å²) >= 11 is 0. The highest BCUT2D eigenvalue weighted by Gasteiger charge is 2.26. The lowest BCUT2D eigenvalue weighted by molar-refractivity contribution is -0.117. The minimum atomic E-state index is -0.312. The summed E-state index contributed by atoms with van der Waals surface area (Å²) < 4.78 is 14.0. The fourth-order valence-electron chi connectivity index (χ4n) is 4.12. The van der Waals surface area contributed by atoms with E-state index in [0.717, 1.165) is 31.5 Å². The predicted octanol–water partition coefficient (Wildman–Crippen LogP) is 1.94. The van der Waals surface area contributed by atoms with Crippen LogP contribution in [0.1, 0.15) is 18.4 Å². The molecule has 0 saturated carbocycles. The summed E-state index contributed by atoms with van der Waals surface area (Å²) in [7, 11) is 1.68. The summed E-state index contributed by atoms with van der Waals surface area (Å²) in [5.41, 5.74) is 2.22. The number of rotatable bonds is 4. The Morgan fingerprint density at radius 1 is 1.27 bits per heavy atom. The van der Waals surface area contributed by atoms with Crippen LogP contribution in [0.25, 0.3) is 0 Å². The van der Waals surface area contributed by atoms with E-state index in [9.17, 15) is 9.18 Å². The average molecular weight is 410 g/mol. The molecule has 3 heterocycles. The molecule has 0 aliphatic carbocycles. The Kier molecular flexibility index (Phi) is 6.11. The number of hydrogen-bond acceptors (Lipinski definition) is 4. The number of aromatic nitrogens is 1.